The van der Waals surface area contributed by atoms with Gasteiger partial charge in [0.1, 0.15) is 11.2 Å². The van der Waals surface area contributed by atoms with Crippen molar-refractivity contribution in [2.75, 3.05) is 4.90 Å². The summed E-state index contributed by atoms with van der Waals surface area (Å²) in [6.07, 6.45) is 0. The van der Waals surface area contributed by atoms with Crippen LogP contribution in [0.15, 0.2) is 204 Å². The molecular weight excluding hydrogens is 619 g/mol. The quantitative estimate of drug-likeness (QED) is 0.177. The summed E-state index contributed by atoms with van der Waals surface area (Å²) in [5.41, 5.74) is 9.62. The maximum absolute atomic E-state index is 9.44. The van der Waals surface area contributed by atoms with Crippen LogP contribution in [-0.4, -0.2) is 0 Å². The Kier molecular flexibility index (Phi) is 5.64. The number of fused-ring (bicyclic) bond motifs is 6. The van der Waals surface area contributed by atoms with Crippen molar-refractivity contribution in [2.45, 2.75) is 5.41 Å². The molecule has 0 amide bonds. The first kappa shape index (κ1) is 24.5. The van der Waals surface area contributed by atoms with E-state index in [-0.39, 0.29) is 29.7 Å². The summed E-state index contributed by atoms with van der Waals surface area (Å²) in [7, 11) is 0. The summed E-state index contributed by atoms with van der Waals surface area (Å²) in [4.78, 5) is 2.26. The molecule has 1 aliphatic carbocycles. The van der Waals surface area contributed by atoms with E-state index >= 15 is 0 Å². The Hall–Kier alpha value is -6.64. The lowest BCUT2D eigenvalue weighted by atomic mass is 9.67. The molecule has 1 aromatic heterocycles. The summed E-state index contributed by atoms with van der Waals surface area (Å²) in [6, 6.07) is 55.7. The van der Waals surface area contributed by atoms with Crippen molar-refractivity contribution in [3.8, 4) is 22.3 Å². The Morgan fingerprint density at radius 3 is 1.96 bits per heavy atom. The Balaban J connectivity index is 1.29. The minimum Gasteiger partial charge on any atom is -0.456 e. The van der Waals surface area contributed by atoms with E-state index in [0.29, 0.717) is 5.58 Å². The van der Waals surface area contributed by atoms with Gasteiger partial charge < -0.3 is 9.32 Å². The molecule has 0 fully saturated rings. The van der Waals surface area contributed by atoms with Crippen LogP contribution in [0.1, 0.15) is 29.1 Å². The van der Waals surface area contributed by atoms with Crippen LogP contribution in [0.4, 0.5) is 17.1 Å². The Morgan fingerprint density at radius 2 is 1.12 bits per heavy atom. The van der Waals surface area contributed by atoms with Gasteiger partial charge in [0, 0.05) is 27.7 Å². The zero-order valence-corrected chi connectivity index (χ0v) is 27.5. The lowest BCUT2D eigenvalue weighted by Gasteiger charge is -2.34. The van der Waals surface area contributed by atoms with Crippen LogP contribution in [0.3, 0.4) is 0 Å². The Morgan fingerprint density at radius 1 is 0.451 bits per heavy atom. The van der Waals surface area contributed by atoms with E-state index in [2.05, 4.69) is 77.7 Å². The zero-order valence-electron chi connectivity index (χ0n) is 32.5. The summed E-state index contributed by atoms with van der Waals surface area (Å²) >= 11 is 0. The van der Waals surface area contributed by atoms with Gasteiger partial charge in [-0.15, -0.1) is 0 Å². The summed E-state index contributed by atoms with van der Waals surface area (Å²) in [5.74, 6) is 0. The highest BCUT2D eigenvalue weighted by atomic mass is 16.3. The largest absolute Gasteiger partial charge is 0.456 e. The number of hydrogen-bond acceptors (Lipinski definition) is 2. The molecule has 1 aliphatic rings. The van der Waals surface area contributed by atoms with Crippen LogP contribution in [0.2, 0.25) is 0 Å². The van der Waals surface area contributed by atoms with Gasteiger partial charge in [-0.3, -0.25) is 0 Å². The third-order valence-corrected chi connectivity index (χ3v) is 10.2. The first-order valence-corrected chi connectivity index (χ1v) is 17.1. The average Bonchev–Trinajstić information content (AvgIpc) is 3.76. The van der Waals surface area contributed by atoms with Crippen LogP contribution in [0.5, 0.6) is 0 Å². The van der Waals surface area contributed by atoms with Gasteiger partial charge in [-0.1, -0.05) is 158 Å². The Labute approximate surface area is 304 Å². The molecule has 51 heavy (non-hydrogen) atoms. The van der Waals surface area contributed by atoms with Crippen LogP contribution in [0.25, 0.3) is 44.2 Å². The molecule has 0 saturated carbocycles. The molecule has 1 heterocycles. The van der Waals surface area contributed by atoms with Gasteiger partial charge in [-0.25, -0.2) is 0 Å². The van der Waals surface area contributed by atoms with Crippen molar-refractivity contribution in [3.63, 3.8) is 0 Å². The highest BCUT2D eigenvalue weighted by molar-refractivity contribution is 6.05. The van der Waals surface area contributed by atoms with Crippen molar-refractivity contribution in [1.82, 2.24) is 0 Å². The number of hydrogen-bond donors (Lipinski definition) is 0. The van der Waals surface area contributed by atoms with E-state index in [1.54, 1.807) is 0 Å². The number of furan rings is 1. The lowest BCUT2D eigenvalue weighted by Crippen LogP contribution is -2.28. The molecule has 0 bridgehead atoms. The van der Waals surface area contributed by atoms with Crippen molar-refractivity contribution < 1.29 is 11.3 Å². The second kappa shape index (κ2) is 11.8. The van der Waals surface area contributed by atoms with Gasteiger partial charge in [-0.2, -0.15) is 0 Å². The van der Waals surface area contributed by atoms with Gasteiger partial charge in [0.2, 0.25) is 0 Å². The van der Waals surface area contributed by atoms with E-state index in [1.807, 2.05) is 97.1 Å². The predicted octanol–water partition coefficient (Wildman–Crippen LogP) is 13.1. The summed E-state index contributed by atoms with van der Waals surface area (Å²) in [5, 5.41) is 1.93. The van der Waals surface area contributed by atoms with Gasteiger partial charge in [0.15, 0.2) is 0 Å². The topological polar surface area (TPSA) is 16.4 Å². The highest BCUT2D eigenvalue weighted by Crippen LogP contribution is 2.57. The molecule has 2 nitrogen and oxygen atoms in total. The number of para-hydroxylation sites is 3. The molecule has 10 rings (SSSR count). The first-order chi connectivity index (χ1) is 27.4. The molecule has 0 spiro atoms. The molecule has 0 N–H and O–H groups in total. The summed E-state index contributed by atoms with van der Waals surface area (Å²) in [6.45, 7) is 0. The fourth-order valence-electron chi connectivity index (χ4n) is 8.07. The number of benzene rings is 8. The molecule has 1 atom stereocenters. The van der Waals surface area contributed by atoms with Crippen molar-refractivity contribution in [1.29, 1.82) is 0 Å². The number of rotatable bonds is 6. The molecule has 2 heteroatoms. The van der Waals surface area contributed by atoms with E-state index < -0.39 is 11.5 Å². The van der Waals surface area contributed by atoms with E-state index in [1.165, 1.54) is 0 Å². The fourth-order valence-corrected chi connectivity index (χ4v) is 8.07. The molecule has 9 aromatic rings. The SMILES string of the molecule is [2H]c1c([2H])c([2H])c(C2(c3ccc4c(c3)oc3ccccc34)c3ccccc3-c3cc(N(c4ccccc4)c4ccccc4-c4ccccc4)ccc32)c([2H])c1[2H]. The third kappa shape index (κ3) is 4.50. The van der Waals surface area contributed by atoms with E-state index in [9.17, 15) is 2.74 Å². The number of nitrogens with zero attached hydrogens (tertiary/aromatic N) is 1. The molecule has 240 valence electrons. The smallest absolute Gasteiger partial charge is 0.135 e. The fraction of sp³-hybridized carbons (Fsp3) is 0.0204. The minimum absolute atomic E-state index is 0.201. The average molecular weight is 657 g/mol. The van der Waals surface area contributed by atoms with Gasteiger partial charge in [0.05, 0.1) is 18.0 Å². The third-order valence-electron chi connectivity index (χ3n) is 10.2. The van der Waals surface area contributed by atoms with Crippen LogP contribution in [0, 0.1) is 0 Å². The molecule has 8 aromatic carbocycles. The molecule has 1 unspecified atom stereocenters. The first-order valence-electron chi connectivity index (χ1n) is 19.6. The Bertz CT molecular complexity index is 2970. The van der Waals surface area contributed by atoms with Gasteiger partial charge in [-0.05, 0) is 81.4 Å². The monoisotopic (exact) mass is 656 g/mol. The molecule has 0 radical (unpaired) electrons. The second-order valence-electron chi connectivity index (χ2n) is 12.9. The van der Waals surface area contributed by atoms with Gasteiger partial charge in [0.25, 0.3) is 0 Å². The zero-order chi connectivity index (χ0) is 38.1. The van der Waals surface area contributed by atoms with E-state index in [0.717, 1.165) is 72.4 Å². The number of anilines is 3. The van der Waals surface area contributed by atoms with Gasteiger partial charge >= 0.3 is 0 Å². The van der Waals surface area contributed by atoms with Crippen LogP contribution >= 0.6 is 0 Å². The molecule has 0 aliphatic heterocycles. The molecular formula is C49H33NO. The van der Waals surface area contributed by atoms with Crippen molar-refractivity contribution >= 4 is 39.0 Å². The highest BCUT2D eigenvalue weighted by Gasteiger charge is 2.46. The maximum Gasteiger partial charge on any atom is 0.135 e. The maximum atomic E-state index is 9.44. The standard InChI is InChI=1S/C49H33NO/c1-4-16-34(17-5-1)39-22-11-14-26-46(39)50(37-20-8-3-9-21-37)38-29-31-45-43(33-38)40-23-10-13-25-44(40)49(45,35-18-6-2-7-19-35)36-28-30-42-41-24-12-15-27-47(41)51-48(42)32-36/h1-33H/i2D,6D,7D,18D,19D. The lowest BCUT2D eigenvalue weighted by molar-refractivity contribution is 0.665. The second-order valence-corrected chi connectivity index (χ2v) is 12.9. The van der Waals surface area contributed by atoms with E-state index in [4.69, 9.17) is 8.53 Å². The normalized spacial score (nSPS) is 16.1. The van der Waals surface area contributed by atoms with Crippen molar-refractivity contribution in [2.24, 2.45) is 0 Å². The van der Waals surface area contributed by atoms with Crippen LogP contribution in [-0.2, 0) is 5.41 Å². The minimum atomic E-state index is -1.29. The van der Waals surface area contributed by atoms with Crippen LogP contribution < -0.4 is 4.90 Å². The predicted molar refractivity (Wildman–Crippen MR) is 211 cm³/mol. The summed E-state index contributed by atoms with van der Waals surface area (Å²) < 4.78 is 51.6. The molecule has 0 saturated heterocycles. The van der Waals surface area contributed by atoms with Crippen molar-refractivity contribution in [3.05, 3.63) is 222 Å².